The molecule has 0 aromatic heterocycles. The van der Waals surface area contributed by atoms with Gasteiger partial charge in [-0.1, -0.05) is 26.0 Å². The van der Waals surface area contributed by atoms with Crippen LogP contribution in [0.2, 0.25) is 0 Å². The summed E-state index contributed by atoms with van der Waals surface area (Å²) in [5.74, 6) is -0.777. The summed E-state index contributed by atoms with van der Waals surface area (Å²) < 4.78 is 12.7. The number of hydrogen-bond donors (Lipinski definition) is 2. The second kappa shape index (κ2) is 7.51. The van der Waals surface area contributed by atoms with Crippen molar-refractivity contribution >= 4 is 11.8 Å². The molecule has 0 spiro atoms. The molecule has 0 aliphatic carbocycles. The van der Waals surface area contributed by atoms with Gasteiger partial charge in [0, 0.05) is 12.5 Å². The zero-order chi connectivity index (χ0) is 14.3. The van der Waals surface area contributed by atoms with E-state index in [2.05, 4.69) is 10.6 Å². The summed E-state index contributed by atoms with van der Waals surface area (Å²) in [6, 6.07) is 6.14. The van der Waals surface area contributed by atoms with Crippen LogP contribution in [0.5, 0.6) is 0 Å². The van der Waals surface area contributed by atoms with Crippen LogP contribution in [0.15, 0.2) is 24.3 Å². The average molecular weight is 266 g/mol. The van der Waals surface area contributed by atoms with Crippen LogP contribution in [0.1, 0.15) is 19.4 Å². The Hall–Kier alpha value is -1.91. The first kappa shape index (κ1) is 15.1. The Morgan fingerprint density at radius 1 is 1.16 bits per heavy atom. The summed E-state index contributed by atoms with van der Waals surface area (Å²) in [7, 11) is 0. The van der Waals surface area contributed by atoms with Crippen molar-refractivity contribution in [1.29, 1.82) is 0 Å². The number of rotatable bonds is 6. The first-order valence-corrected chi connectivity index (χ1v) is 6.28. The monoisotopic (exact) mass is 266 g/mol. The number of nitrogens with one attached hydrogen (secondary N) is 2. The zero-order valence-corrected chi connectivity index (χ0v) is 11.2. The quantitative estimate of drug-likeness (QED) is 0.814. The fourth-order valence-electron chi connectivity index (χ4n) is 1.43. The van der Waals surface area contributed by atoms with E-state index in [-0.39, 0.29) is 30.1 Å². The van der Waals surface area contributed by atoms with E-state index in [0.717, 1.165) is 5.56 Å². The maximum absolute atomic E-state index is 12.7. The topological polar surface area (TPSA) is 58.2 Å². The summed E-state index contributed by atoms with van der Waals surface area (Å²) in [6.07, 6.45) is 0.629. The van der Waals surface area contributed by atoms with Gasteiger partial charge < -0.3 is 10.6 Å². The lowest BCUT2D eigenvalue weighted by Gasteiger charge is -2.08. The highest BCUT2D eigenvalue weighted by Crippen LogP contribution is 2.02. The Balaban J connectivity index is 2.20. The third-order valence-corrected chi connectivity index (χ3v) is 2.60. The van der Waals surface area contributed by atoms with Crippen molar-refractivity contribution < 1.29 is 14.0 Å². The van der Waals surface area contributed by atoms with Crippen molar-refractivity contribution in [1.82, 2.24) is 10.6 Å². The maximum atomic E-state index is 12.7. The molecule has 0 heterocycles. The van der Waals surface area contributed by atoms with E-state index in [1.54, 1.807) is 26.0 Å². The van der Waals surface area contributed by atoms with Crippen LogP contribution in [0, 0.1) is 11.7 Å². The van der Waals surface area contributed by atoms with E-state index in [1.165, 1.54) is 12.1 Å². The molecule has 4 nitrogen and oxygen atoms in total. The molecule has 2 N–H and O–H groups in total. The minimum absolute atomic E-state index is 0.0135. The van der Waals surface area contributed by atoms with Crippen molar-refractivity contribution in [3.63, 3.8) is 0 Å². The Bertz CT molecular complexity index is 430. The number of amides is 2. The smallest absolute Gasteiger partial charge is 0.239 e. The van der Waals surface area contributed by atoms with Crippen molar-refractivity contribution in [2.24, 2.45) is 5.92 Å². The van der Waals surface area contributed by atoms with Crippen molar-refractivity contribution in [2.45, 2.75) is 20.3 Å². The molecular formula is C14H19FN2O2. The number of benzene rings is 1. The van der Waals surface area contributed by atoms with Crippen molar-refractivity contribution in [3.8, 4) is 0 Å². The van der Waals surface area contributed by atoms with Crippen molar-refractivity contribution in [2.75, 3.05) is 13.1 Å². The molecule has 0 aliphatic rings. The third kappa shape index (κ3) is 5.99. The number of halogens is 1. The van der Waals surface area contributed by atoms with E-state index in [1.807, 2.05) is 0 Å². The number of hydrogen-bond acceptors (Lipinski definition) is 2. The van der Waals surface area contributed by atoms with Gasteiger partial charge in [-0.25, -0.2) is 4.39 Å². The summed E-state index contributed by atoms with van der Waals surface area (Å²) >= 11 is 0. The predicted molar refractivity (Wildman–Crippen MR) is 71.0 cm³/mol. The Kier molecular flexibility index (Phi) is 5.99. The molecule has 19 heavy (non-hydrogen) atoms. The van der Waals surface area contributed by atoms with E-state index in [0.29, 0.717) is 13.0 Å². The summed E-state index contributed by atoms with van der Waals surface area (Å²) in [5.41, 5.74) is 0.952. The lowest BCUT2D eigenvalue weighted by molar-refractivity contribution is -0.127. The van der Waals surface area contributed by atoms with Gasteiger partial charge in [-0.05, 0) is 24.1 Å². The Morgan fingerprint density at radius 2 is 1.79 bits per heavy atom. The highest BCUT2D eigenvalue weighted by molar-refractivity contribution is 5.85. The van der Waals surface area contributed by atoms with E-state index < -0.39 is 0 Å². The van der Waals surface area contributed by atoms with Gasteiger partial charge in [0.2, 0.25) is 11.8 Å². The number of carbonyl (C=O) groups is 2. The standard InChI is InChI=1S/C14H19FN2O2/c1-10(2)14(19)17-9-13(18)16-8-7-11-3-5-12(15)6-4-11/h3-6,10H,7-9H2,1-2H3,(H,16,18)(H,17,19). The van der Waals surface area contributed by atoms with E-state index >= 15 is 0 Å². The van der Waals surface area contributed by atoms with Gasteiger partial charge in [-0.3, -0.25) is 9.59 Å². The zero-order valence-electron chi connectivity index (χ0n) is 11.2. The molecule has 0 bridgehead atoms. The van der Waals surface area contributed by atoms with Crippen LogP contribution < -0.4 is 10.6 Å². The molecule has 1 rings (SSSR count). The van der Waals surface area contributed by atoms with E-state index in [4.69, 9.17) is 0 Å². The minimum Gasteiger partial charge on any atom is -0.354 e. The summed E-state index contributed by atoms with van der Waals surface area (Å²) in [6.45, 7) is 3.98. The molecule has 2 amide bonds. The minimum atomic E-state index is -0.274. The van der Waals surface area contributed by atoms with Crippen LogP contribution in [0.3, 0.4) is 0 Å². The van der Waals surface area contributed by atoms with Crippen molar-refractivity contribution in [3.05, 3.63) is 35.6 Å². The fourth-order valence-corrected chi connectivity index (χ4v) is 1.43. The highest BCUT2D eigenvalue weighted by Gasteiger charge is 2.08. The van der Waals surface area contributed by atoms with Crippen LogP contribution >= 0.6 is 0 Å². The van der Waals surface area contributed by atoms with Crippen LogP contribution in [0.25, 0.3) is 0 Å². The van der Waals surface area contributed by atoms with E-state index in [9.17, 15) is 14.0 Å². The molecule has 0 fully saturated rings. The molecule has 0 saturated carbocycles. The first-order chi connectivity index (χ1) is 8.99. The van der Waals surface area contributed by atoms with Gasteiger partial charge in [0.15, 0.2) is 0 Å². The molecule has 0 saturated heterocycles. The van der Waals surface area contributed by atoms with Gasteiger partial charge in [0.05, 0.1) is 6.54 Å². The lowest BCUT2D eigenvalue weighted by Crippen LogP contribution is -2.39. The summed E-state index contributed by atoms with van der Waals surface area (Å²) in [4.78, 5) is 22.7. The lowest BCUT2D eigenvalue weighted by atomic mass is 10.1. The van der Waals surface area contributed by atoms with Gasteiger partial charge >= 0.3 is 0 Å². The molecule has 0 unspecified atom stereocenters. The molecule has 0 radical (unpaired) electrons. The first-order valence-electron chi connectivity index (χ1n) is 6.28. The second-order valence-corrected chi connectivity index (χ2v) is 4.60. The van der Waals surface area contributed by atoms with Crippen LogP contribution in [-0.2, 0) is 16.0 Å². The Morgan fingerprint density at radius 3 is 2.37 bits per heavy atom. The molecule has 1 aromatic carbocycles. The van der Waals surface area contributed by atoms with Gasteiger partial charge in [0.1, 0.15) is 5.82 Å². The van der Waals surface area contributed by atoms with Gasteiger partial charge in [-0.2, -0.15) is 0 Å². The maximum Gasteiger partial charge on any atom is 0.239 e. The van der Waals surface area contributed by atoms with Gasteiger partial charge in [-0.15, -0.1) is 0 Å². The molecular weight excluding hydrogens is 247 g/mol. The SMILES string of the molecule is CC(C)C(=O)NCC(=O)NCCc1ccc(F)cc1. The second-order valence-electron chi connectivity index (χ2n) is 4.60. The van der Waals surface area contributed by atoms with Crippen LogP contribution in [0.4, 0.5) is 4.39 Å². The molecule has 1 aromatic rings. The molecule has 0 atom stereocenters. The van der Waals surface area contributed by atoms with Crippen LogP contribution in [-0.4, -0.2) is 24.9 Å². The summed E-state index contributed by atoms with van der Waals surface area (Å²) in [5, 5.41) is 5.23. The fraction of sp³-hybridized carbons (Fsp3) is 0.429. The Labute approximate surface area is 112 Å². The highest BCUT2D eigenvalue weighted by atomic mass is 19.1. The molecule has 104 valence electrons. The largest absolute Gasteiger partial charge is 0.354 e. The van der Waals surface area contributed by atoms with Gasteiger partial charge in [0.25, 0.3) is 0 Å². The third-order valence-electron chi connectivity index (χ3n) is 2.60. The molecule has 5 heteroatoms. The average Bonchev–Trinajstić information content (AvgIpc) is 2.38. The molecule has 0 aliphatic heterocycles. The predicted octanol–water partition coefficient (Wildman–Crippen LogP) is 1.26. The normalized spacial score (nSPS) is 10.3. The number of carbonyl (C=O) groups excluding carboxylic acids is 2.